The van der Waals surface area contributed by atoms with Crippen molar-refractivity contribution in [3.05, 3.63) is 35.9 Å². The minimum absolute atomic E-state index is 0.311. The van der Waals surface area contributed by atoms with E-state index in [1.54, 1.807) is 0 Å². The molecule has 1 aromatic rings. The minimum Gasteiger partial charge on any atom is -0.389 e. The van der Waals surface area contributed by atoms with Crippen LogP contribution in [0.25, 0.3) is 0 Å². The van der Waals surface area contributed by atoms with E-state index >= 15 is 0 Å². The lowest BCUT2D eigenvalue weighted by atomic mass is 9.80. The number of hydrogen-bond acceptors (Lipinski definition) is 2. The minimum atomic E-state index is -0.585. The number of benzene rings is 1. The zero-order valence-electron chi connectivity index (χ0n) is 13.0. The fraction of sp³-hybridized carbons (Fsp3) is 0.667. The third-order valence-corrected chi connectivity index (χ3v) is 4.86. The Balaban J connectivity index is 1.97. The number of aliphatic hydroxyl groups is 1. The molecule has 0 saturated carbocycles. The summed E-state index contributed by atoms with van der Waals surface area (Å²) in [5.41, 5.74) is 0.654. The molecule has 2 rings (SSSR count). The van der Waals surface area contributed by atoms with Gasteiger partial charge in [0.05, 0.1) is 5.60 Å². The van der Waals surface area contributed by atoms with Gasteiger partial charge in [0.1, 0.15) is 0 Å². The molecular weight excluding hydrogens is 246 g/mol. The van der Waals surface area contributed by atoms with Gasteiger partial charge in [0.25, 0.3) is 0 Å². The molecule has 0 bridgehead atoms. The van der Waals surface area contributed by atoms with Gasteiger partial charge >= 0.3 is 0 Å². The number of rotatable bonds is 6. The Bertz CT molecular complexity index is 386. The summed E-state index contributed by atoms with van der Waals surface area (Å²) in [5.74, 6) is 0.311. The Labute approximate surface area is 123 Å². The zero-order chi connectivity index (χ0) is 14.4. The van der Waals surface area contributed by atoms with Crippen LogP contribution in [0.2, 0.25) is 0 Å². The molecule has 0 spiro atoms. The van der Waals surface area contributed by atoms with Gasteiger partial charge in [0.2, 0.25) is 0 Å². The van der Waals surface area contributed by atoms with Gasteiger partial charge in [0.15, 0.2) is 0 Å². The second-order valence-electron chi connectivity index (χ2n) is 6.38. The second kappa shape index (κ2) is 7.24. The van der Waals surface area contributed by atoms with E-state index in [-0.39, 0.29) is 0 Å². The summed E-state index contributed by atoms with van der Waals surface area (Å²) in [6, 6.07) is 10.4. The first-order chi connectivity index (χ1) is 9.64. The van der Waals surface area contributed by atoms with E-state index in [9.17, 15) is 5.11 Å². The third kappa shape index (κ3) is 4.07. The average molecular weight is 275 g/mol. The highest BCUT2D eigenvalue weighted by Gasteiger charge is 2.33. The van der Waals surface area contributed by atoms with E-state index < -0.39 is 5.60 Å². The number of likely N-dealkylation sites (tertiary alicyclic amines) is 1. The molecule has 1 fully saturated rings. The van der Waals surface area contributed by atoms with Crippen molar-refractivity contribution >= 4 is 0 Å². The molecule has 1 heterocycles. The van der Waals surface area contributed by atoms with Crippen LogP contribution >= 0.6 is 0 Å². The van der Waals surface area contributed by atoms with E-state index in [2.05, 4.69) is 43.0 Å². The van der Waals surface area contributed by atoms with Crippen molar-refractivity contribution in [3.8, 4) is 0 Å². The van der Waals surface area contributed by atoms with Gasteiger partial charge < -0.3 is 10.0 Å². The van der Waals surface area contributed by atoms with Crippen LogP contribution in [0.5, 0.6) is 0 Å². The van der Waals surface area contributed by atoms with Crippen LogP contribution in [0.1, 0.15) is 45.1 Å². The summed E-state index contributed by atoms with van der Waals surface area (Å²) in [6.45, 7) is 7.75. The lowest BCUT2D eigenvalue weighted by molar-refractivity contribution is -0.0292. The fourth-order valence-corrected chi connectivity index (χ4v) is 3.30. The maximum atomic E-state index is 11.0. The molecule has 20 heavy (non-hydrogen) atoms. The predicted molar refractivity (Wildman–Crippen MR) is 84.8 cm³/mol. The lowest BCUT2D eigenvalue weighted by Gasteiger charge is -2.38. The van der Waals surface area contributed by atoms with Gasteiger partial charge in [-0.05, 0) is 43.8 Å². The molecule has 2 unspecified atom stereocenters. The summed E-state index contributed by atoms with van der Waals surface area (Å²) in [5, 5.41) is 11.0. The molecule has 1 aromatic carbocycles. The van der Waals surface area contributed by atoms with Crippen LogP contribution in [0.4, 0.5) is 0 Å². The lowest BCUT2D eigenvalue weighted by Crippen LogP contribution is -2.45. The summed E-state index contributed by atoms with van der Waals surface area (Å²) in [6.07, 6.45) is 5.58. The van der Waals surface area contributed by atoms with Crippen molar-refractivity contribution in [2.45, 2.75) is 51.6 Å². The van der Waals surface area contributed by atoms with E-state index in [0.717, 1.165) is 19.4 Å². The molecule has 0 aromatic heterocycles. The van der Waals surface area contributed by atoms with E-state index in [0.29, 0.717) is 5.92 Å². The largest absolute Gasteiger partial charge is 0.389 e. The maximum Gasteiger partial charge on any atom is 0.0722 e. The average Bonchev–Trinajstić information content (AvgIpc) is 2.49. The first kappa shape index (κ1) is 15.5. The highest BCUT2D eigenvalue weighted by Crippen LogP contribution is 2.27. The van der Waals surface area contributed by atoms with Gasteiger partial charge in [-0.2, -0.15) is 0 Å². The van der Waals surface area contributed by atoms with E-state index in [1.807, 2.05) is 6.07 Å². The molecular formula is C18H29NO. The highest BCUT2D eigenvalue weighted by molar-refractivity contribution is 5.17. The molecule has 2 heteroatoms. The summed E-state index contributed by atoms with van der Waals surface area (Å²) in [4.78, 5) is 2.53. The van der Waals surface area contributed by atoms with Gasteiger partial charge in [-0.25, -0.2) is 0 Å². The quantitative estimate of drug-likeness (QED) is 0.859. The Hall–Kier alpha value is -0.860. The van der Waals surface area contributed by atoms with Crippen molar-refractivity contribution in [1.82, 2.24) is 4.90 Å². The van der Waals surface area contributed by atoms with Crippen LogP contribution in [0.3, 0.4) is 0 Å². The zero-order valence-corrected chi connectivity index (χ0v) is 13.0. The van der Waals surface area contributed by atoms with Gasteiger partial charge in [-0.15, -0.1) is 0 Å². The van der Waals surface area contributed by atoms with Crippen molar-refractivity contribution in [2.24, 2.45) is 5.92 Å². The molecule has 0 aliphatic carbocycles. The van der Waals surface area contributed by atoms with Crippen molar-refractivity contribution in [1.29, 1.82) is 0 Å². The molecule has 112 valence electrons. The molecule has 0 radical (unpaired) electrons. The maximum absolute atomic E-state index is 11.0. The normalized spacial score (nSPS) is 21.4. The molecule has 2 atom stereocenters. The fourth-order valence-electron chi connectivity index (χ4n) is 3.30. The van der Waals surface area contributed by atoms with Crippen molar-refractivity contribution < 1.29 is 5.11 Å². The highest BCUT2D eigenvalue weighted by atomic mass is 16.3. The molecule has 1 aliphatic heterocycles. The van der Waals surface area contributed by atoms with Crippen molar-refractivity contribution in [2.75, 3.05) is 19.6 Å². The second-order valence-corrected chi connectivity index (χ2v) is 6.38. The standard InChI is InChI=1S/C18H29NO/c1-3-18(20,14-17-10-6-4-7-11-17)16(2)15-19-12-8-5-9-13-19/h4,6-7,10-11,16,20H,3,5,8-9,12-15H2,1-2H3. The summed E-state index contributed by atoms with van der Waals surface area (Å²) in [7, 11) is 0. The van der Waals surface area contributed by atoms with Crippen LogP contribution < -0.4 is 0 Å². The monoisotopic (exact) mass is 275 g/mol. The Morgan fingerprint density at radius 3 is 2.40 bits per heavy atom. The number of nitrogens with zero attached hydrogens (tertiary/aromatic N) is 1. The summed E-state index contributed by atoms with van der Waals surface area (Å²) >= 11 is 0. The van der Waals surface area contributed by atoms with Crippen molar-refractivity contribution in [3.63, 3.8) is 0 Å². The van der Waals surface area contributed by atoms with Crippen LogP contribution in [-0.2, 0) is 6.42 Å². The van der Waals surface area contributed by atoms with Gasteiger partial charge in [0, 0.05) is 13.0 Å². The third-order valence-electron chi connectivity index (χ3n) is 4.86. The first-order valence-corrected chi connectivity index (χ1v) is 8.13. The molecule has 1 saturated heterocycles. The predicted octanol–water partition coefficient (Wildman–Crippen LogP) is 3.49. The Morgan fingerprint density at radius 1 is 1.15 bits per heavy atom. The molecule has 1 N–H and O–H groups in total. The van der Waals surface area contributed by atoms with Gasteiger partial charge in [-0.3, -0.25) is 0 Å². The Morgan fingerprint density at radius 2 is 1.80 bits per heavy atom. The van der Waals surface area contributed by atoms with Crippen LogP contribution in [0.15, 0.2) is 30.3 Å². The summed E-state index contributed by atoms with van der Waals surface area (Å²) < 4.78 is 0. The van der Waals surface area contributed by atoms with Crippen LogP contribution in [0, 0.1) is 5.92 Å². The Kier molecular flexibility index (Phi) is 5.62. The number of piperidine rings is 1. The molecule has 0 amide bonds. The first-order valence-electron chi connectivity index (χ1n) is 8.13. The van der Waals surface area contributed by atoms with Gasteiger partial charge in [-0.1, -0.05) is 50.6 Å². The molecule has 1 aliphatic rings. The van der Waals surface area contributed by atoms with E-state index in [1.165, 1.54) is 37.9 Å². The SMILES string of the molecule is CCC(O)(Cc1ccccc1)C(C)CN1CCCCC1. The topological polar surface area (TPSA) is 23.5 Å². The van der Waals surface area contributed by atoms with E-state index in [4.69, 9.17) is 0 Å². The molecule has 2 nitrogen and oxygen atoms in total. The smallest absolute Gasteiger partial charge is 0.0722 e. The van der Waals surface area contributed by atoms with Crippen LogP contribution in [-0.4, -0.2) is 35.2 Å². The number of hydrogen-bond donors (Lipinski definition) is 1.